The van der Waals surface area contributed by atoms with Gasteiger partial charge in [-0.15, -0.1) is 0 Å². The van der Waals surface area contributed by atoms with Gasteiger partial charge in [0, 0.05) is 12.6 Å². The number of hydrogen-bond donors (Lipinski definition) is 2. The van der Waals surface area contributed by atoms with Crippen molar-refractivity contribution < 1.29 is 14.7 Å². The molecule has 0 spiro atoms. The number of likely N-dealkylation sites (tertiary alicyclic amines) is 1. The van der Waals surface area contributed by atoms with Gasteiger partial charge in [-0.25, -0.2) is 9.59 Å². The highest BCUT2D eigenvalue weighted by molar-refractivity contribution is 5.83. The molecule has 1 saturated heterocycles. The van der Waals surface area contributed by atoms with Crippen molar-refractivity contribution in [3.63, 3.8) is 0 Å². The number of nitrogens with zero attached hydrogens (tertiary/aromatic N) is 1. The smallest absolute Gasteiger partial charge is 0.326 e. The summed E-state index contributed by atoms with van der Waals surface area (Å²) >= 11 is 0. The summed E-state index contributed by atoms with van der Waals surface area (Å²) in [6.45, 7) is 2.71. The van der Waals surface area contributed by atoms with Crippen molar-refractivity contribution in [2.45, 2.75) is 57.5 Å². The van der Waals surface area contributed by atoms with Crippen LogP contribution in [-0.4, -0.2) is 40.6 Å². The van der Waals surface area contributed by atoms with Crippen LogP contribution in [0.5, 0.6) is 0 Å². The zero-order valence-corrected chi connectivity index (χ0v) is 10.9. The van der Waals surface area contributed by atoms with Crippen LogP contribution in [-0.2, 0) is 4.79 Å². The van der Waals surface area contributed by atoms with Crippen LogP contribution in [0.25, 0.3) is 0 Å². The summed E-state index contributed by atoms with van der Waals surface area (Å²) in [5, 5.41) is 12.1. The number of carboxylic acid groups (broad SMARTS) is 1. The number of carbonyl (C=O) groups is 2. The van der Waals surface area contributed by atoms with Gasteiger partial charge in [0.15, 0.2) is 0 Å². The molecular weight excluding hydrogens is 232 g/mol. The lowest BCUT2D eigenvalue weighted by molar-refractivity contribution is -0.141. The number of urea groups is 1. The van der Waals surface area contributed by atoms with E-state index >= 15 is 0 Å². The normalized spacial score (nSPS) is 32.3. The molecule has 18 heavy (non-hydrogen) atoms. The van der Waals surface area contributed by atoms with Gasteiger partial charge in [-0.3, -0.25) is 0 Å². The standard InChI is InChI=1S/C13H22N2O3/c1-9-5-2-3-6-10(9)14-13(18)15-8-4-7-11(15)12(16)17/h9-11H,2-8H2,1H3,(H,14,18)(H,16,17). The van der Waals surface area contributed by atoms with Gasteiger partial charge in [-0.05, 0) is 31.6 Å². The quantitative estimate of drug-likeness (QED) is 0.789. The minimum Gasteiger partial charge on any atom is -0.480 e. The Morgan fingerprint density at radius 2 is 1.89 bits per heavy atom. The highest BCUT2D eigenvalue weighted by Gasteiger charge is 2.35. The van der Waals surface area contributed by atoms with Gasteiger partial charge in [-0.1, -0.05) is 19.8 Å². The summed E-state index contributed by atoms with van der Waals surface area (Å²) < 4.78 is 0. The van der Waals surface area contributed by atoms with Crippen molar-refractivity contribution in [3.8, 4) is 0 Å². The van der Waals surface area contributed by atoms with Gasteiger partial charge < -0.3 is 15.3 Å². The summed E-state index contributed by atoms with van der Waals surface area (Å²) in [4.78, 5) is 24.7. The summed E-state index contributed by atoms with van der Waals surface area (Å²) in [7, 11) is 0. The molecule has 2 amide bonds. The second kappa shape index (κ2) is 5.59. The fraction of sp³-hybridized carbons (Fsp3) is 0.846. The zero-order chi connectivity index (χ0) is 13.1. The predicted molar refractivity (Wildman–Crippen MR) is 67.3 cm³/mol. The topological polar surface area (TPSA) is 69.6 Å². The van der Waals surface area contributed by atoms with Crippen LogP contribution in [0.15, 0.2) is 0 Å². The largest absolute Gasteiger partial charge is 0.480 e. The number of amides is 2. The van der Waals surface area contributed by atoms with Crippen LogP contribution >= 0.6 is 0 Å². The fourth-order valence-electron chi connectivity index (χ4n) is 3.04. The van der Waals surface area contributed by atoms with E-state index in [-0.39, 0.29) is 12.1 Å². The average Bonchev–Trinajstić information content (AvgIpc) is 2.81. The van der Waals surface area contributed by atoms with Gasteiger partial charge in [-0.2, -0.15) is 0 Å². The Morgan fingerprint density at radius 1 is 1.17 bits per heavy atom. The molecule has 102 valence electrons. The monoisotopic (exact) mass is 254 g/mol. The van der Waals surface area contributed by atoms with E-state index in [1.807, 2.05) is 0 Å². The molecule has 0 aromatic rings. The first-order valence-corrected chi connectivity index (χ1v) is 6.89. The third kappa shape index (κ3) is 2.76. The van der Waals surface area contributed by atoms with E-state index in [0.717, 1.165) is 25.7 Å². The van der Waals surface area contributed by atoms with Crippen molar-refractivity contribution in [3.05, 3.63) is 0 Å². The lowest BCUT2D eigenvalue weighted by Gasteiger charge is -2.32. The lowest BCUT2D eigenvalue weighted by atomic mass is 9.86. The van der Waals surface area contributed by atoms with Crippen molar-refractivity contribution in [2.24, 2.45) is 5.92 Å². The zero-order valence-electron chi connectivity index (χ0n) is 10.9. The molecule has 0 aromatic carbocycles. The Balaban J connectivity index is 1.92. The van der Waals surface area contributed by atoms with Crippen LogP contribution < -0.4 is 5.32 Å². The maximum absolute atomic E-state index is 12.1. The van der Waals surface area contributed by atoms with Crippen LogP contribution in [0.3, 0.4) is 0 Å². The first-order valence-electron chi connectivity index (χ1n) is 6.89. The van der Waals surface area contributed by atoms with Gasteiger partial charge in [0.05, 0.1) is 0 Å². The minimum absolute atomic E-state index is 0.196. The number of rotatable bonds is 2. The van der Waals surface area contributed by atoms with Gasteiger partial charge in [0.25, 0.3) is 0 Å². The van der Waals surface area contributed by atoms with E-state index in [1.165, 1.54) is 11.3 Å². The maximum atomic E-state index is 12.1. The number of aliphatic carboxylic acids is 1. The Kier molecular flexibility index (Phi) is 4.09. The second-order valence-electron chi connectivity index (χ2n) is 5.51. The van der Waals surface area contributed by atoms with Crippen LogP contribution in [0.1, 0.15) is 45.4 Å². The first kappa shape index (κ1) is 13.2. The molecule has 1 saturated carbocycles. The summed E-state index contributed by atoms with van der Waals surface area (Å²) in [5.74, 6) is -0.395. The van der Waals surface area contributed by atoms with Crippen molar-refractivity contribution in [2.75, 3.05) is 6.54 Å². The predicted octanol–water partition coefficient (Wildman–Crippen LogP) is 1.82. The van der Waals surface area contributed by atoms with E-state index in [0.29, 0.717) is 18.9 Å². The number of nitrogens with one attached hydrogen (secondary N) is 1. The van der Waals surface area contributed by atoms with Crippen LogP contribution in [0.2, 0.25) is 0 Å². The van der Waals surface area contributed by atoms with E-state index in [9.17, 15) is 9.59 Å². The molecule has 5 nitrogen and oxygen atoms in total. The molecule has 3 unspecified atom stereocenters. The summed E-state index contributed by atoms with van der Waals surface area (Å²) in [6, 6.07) is -0.621. The summed E-state index contributed by atoms with van der Waals surface area (Å²) in [5.41, 5.74) is 0. The molecule has 2 N–H and O–H groups in total. The van der Waals surface area contributed by atoms with Crippen molar-refractivity contribution in [1.82, 2.24) is 10.2 Å². The third-order valence-electron chi connectivity index (χ3n) is 4.22. The maximum Gasteiger partial charge on any atom is 0.326 e. The Morgan fingerprint density at radius 3 is 2.56 bits per heavy atom. The second-order valence-corrected chi connectivity index (χ2v) is 5.51. The molecule has 2 fully saturated rings. The van der Waals surface area contributed by atoms with E-state index in [4.69, 9.17) is 5.11 Å². The lowest BCUT2D eigenvalue weighted by Crippen LogP contribution is -2.51. The van der Waals surface area contributed by atoms with Crippen LogP contribution in [0, 0.1) is 5.92 Å². The van der Waals surface area contributed by atoms with Gasteiger partial charge in [0.1, 0.15) is 6.04 Å². The molecule has 0 aromatic heterocycles. The average molecular weight is 254 g/mol. The molecule has 1 aliphatic heterocycles. The minimum atomic E-state index is -0.889. The van der Waals surface area contributed by atoms with Crippen molar-refractivity contribution >= 4 is 12.0 Å². The number of carboxylic acids is 1. The van der Waals surface area contributed by atoms with E-state index in [2.05, 4.69) is 12.2 Å². The van der Waals surface area contributed by atoms with Crippen molar-refractivity contribution in [1.29, 1.82) is 0 Å². The van der Waals surface area contributed by atoms with Crippen LogP contribution in [0.4, 0.5) is 4.79 Å². The highest BCUT2D eigenvalue weighted by atomic mass is 16.4. The molecule has 1 aliphatic carbocycles. The first-order chi connectivity index (χ1) is 8.59. The molecule has 0 radical (unpaired) electrons. The summed E-state index contributed by atoms with van der Waals surface area (Å²) in [6.07, 6.45) is 5.89. The number of hydrogen-bond acceptors (Lipinski definition) is 2. The SMILES string of the molecule is CC1CCCCC1NC(=O)N1CCCC1C(=O)O. The Hall–Kier alpha value is -1.26. The molecule has 0 bridgehead atoms. The molecule has 2 rings (SSSR count). The molecule has 1 heterocycles. The highest BCUT2D eigenvalue weighted by Crippen LogP contribution is 2.25. The molecule has 5 heteroatoms. The van der Waals surface area contributed by atoms with Gasteiger partial charge in [0.2, 0.25) is 0 Å². The van der Waals surface area contributed by atoms with Gasteiger partial charge >= 0.3 is 12.0 Å². The molecular formula is C13H22N2O3. The fourth-order valence-corrected chi connectivity index (χ4v) is 3.04. The number of carbonyl (C=O) groups excluding carboxylic acids is 1. The molecule has 3 atom stereocenters. The Labute approximate surface area is 108 Å². The Bertz CT molecular complexity index is 332. The van der Waals surface area contributed by atoms with E-state index < -0.39 is 12.0 Å². The third-order valence-corrected chi connectivity index (χ3v) is 4.22. The van der Waals surface area contributed by atoms with E-state index in [1.54, 1.807) is 0 Å². The molecule has 2 aliphatic rings.